The standard InChI is InChI=1S/C16H27N5O2/c1-2-23-12-16(22)20-8-5-9-21-14(18-19-15(21)11-20)10-17-13-6-3-4-7-13/h13,17H,2-12H2,1H3. The van der Waals surface area contributed by atoms with Gasteiger partial charge in [0.1, 0.15) is 12.4 Å². The molecule has 0 radical (unpaired) electrons. The third kappa shape index (κ3) is 4.09. The van der Waals surface area contributed by atoms with E-state index in [2.05, 4.69) is 20.1 Å². The summed E-state index contributed by atoms with van der Waals surface area (Å²) in [5.74, 6) is 1.91. The maximum atomic E-state index is 12.2. The number of hydrogen-bond donors (Lipinski definition) is 1. The van der Waals surface area contributed by atoms with E-state index >= 15 is 0 Å². The van der Waals surface area contributed by atoms with Gasteiger partial charge in [-0.1, -0.05) is 12.8 Å². The normalized spacial score (nSPS) is 18.9. The fourth-order valence-corrected chi connectivity index (χ4v) is 3.41. The average molecular weight is 321 g/mol. The zero-order valence-electron chi connectivity index (χ0n) is 14.0. The fourth-order valence-electron chi connectivity index (χ4n) is 3.41. The molecule has 2 heterocycles. The van der Waals surface area contributed by atoms with Crippen molar-refractivity contribution >= 4 is 5.91 Å². The van der Waals surface area contributed by atoms with Crippen LogP contribution in [0.3, 0.4) is 0 Å². The minimum absolute atomic E-state index is 0.0360. The fraction of sp³-hybridized carbons (Fsp3) is 0.812. The lowest BCUT2D eigenvalue weighted by Gasteiger charge is -2.19. The average Bonchev–Trinajstić information content (AvgIpc) is 3.15. The van der Waals surface area contributed by atoms with E-state index in [0.29, 0.717) is 19.2 Å². The van der Waals surface area contributed by atoms with Crippen LogP contribution in [0.2, 0.25) is 0 Å². The Morgan fingerprint density at radius 1 is 1.26 bits per heavy atom. The van der Waals surface area contributed by atoms with Crippen LogP contribution in [0.15, 0.2) is 0 Å². The van der Waals surface area contributed by atoms with Crippen LogP contribution in [0.5, 0.6) is 0 Å². The zero-order valence-corrected chi connectivity index (χ0v) is 14.0. The highest BCUT2D eigenvalue weighted by Crippen LogP contribution is 2.18. The Kier molecular flexibility index (Phi) is 5.61. The summed E-state index contributed by atoms with van der Waals surface area (Å²) in [6.07, 6.45) is 6.11. The molecule has 0 spiro atoms. The molecule has 0 aromatic carbocycles. The van der Waals surface area contributed by atoms with Crippen LogP contribution < -0.4 is 5.32 Å². The lowest BCUT2D eigenvalue weighted by atomic mass is 10.2. The number of nitrogens with zero attached hydrogens (tertiary/aromatic N) is 4. The van der Waals surface area contributed by atoms with E-state index < -0.39 is 0 Å². The van der Waals surface area contributed by atoms with Gasteiger partial charge in [-0.2, -0.15) is 0 Å². The summed E-state index contributed by atoms with van der Waals surface area (Å²) in [4.78, 5) is 14.0. The highest BCUT2D eigenvalue weighted by Gasteiger charge is 2.23. The zero-order chi connectivity index (χ0) is 16.1. The Morgan fingerprint density at radius 3 is 2.87 bits per heavy atom. The van der Waals surface area contributed by atoms with Crippen molar-refractivity contribution in [1.29, 1.82) is 0 Å². The van der Waals surface area contributed by atoms with Crippen LogP contribution in [0.25, 0.3) is 0 Å². The molecule has 1 amide bonds. The molecule has 7 heteroatoms. The van der Waals surface area contributed by atoms with Gasteiger partial charge in [0.2, 0.25) is 5.91 Å². The van der Waals surface area contributed by atoms with E-state index in [1.807, 2.05) is 11.8 Å². The molecule has 3 rings (SSSR count). The Balaban J connectivity index is 1.60. The second kappa shape index (κ2) is 7.88. The molecule has 128 valence electrons. The number of carbonyl (C=O) groups excluding carboxylic acids is 1. The minimum atomic E-state index is 0.0360. The molecule has 1 aliphatic heterocycles. The highest BCUT2D eigenvalue weighted by atomic mass is 16.5. The van der Waals surface area contributed by atoms with Gasteiger partial charge in [-0.15, -0.1) is 10.2 Å². The largest absolute Gasteiger partial charge is 0.372 e. The first-order valence-electron chi connectivity index (χ1n) is 8.77. The van der Waals surface area contributed by atoms with Gasteiger partial charge in [-0.3, -0.25) is 4.79 Å². The van der Waals surface area contributed by atoms with Crippen LogP contribution >= 0.6 is 0 Å². The molecule has 7 nitrogen and oxygen atoms in total. The van der Waals surface area contributed by atoms with Crippen LogP contribution in [-0.4, -0.2) is 51.4 Å². The van der Waals surface area contributed by atoms with Crippen molar-refractivity contribution in [3.8, 4) is 0 Å². The number of amides is 1. The monoisotopic (exact) mass is 321 g/mol. The maximum Gasteiger partial charge on any atom is 0.248 e. The van der Waals surface area contributed by atoms with Gasteiger partial charge in [0.15, 0.2) is 5.82 Å². The van der Waals surface area contributed by atoms with Crippen molar-refractivity contribution in [2.75, 3.05) is 19.8 Å². The van der Waals surface area contributed by atoms with Crippen molar-refractivity contribution in [1.82, 2.24) is 25.0 Å². The number of ether oxygens (including phenoxy) is 1. The lowest BCUT2D eigenvalue weighted by Crippen LogP contribution is -2.34. The quantitative estimate of drug-likeness (QED) is 0.849. The van der Waals surface area contributed by atoms with E-state index in [1.54, 1.807) is 0 Å². The highest BCUT2D eigenvalue weighted by molar-refractivity contribution is 5.77. The molecule has 0 unspecified atom stereocenters. The van der Waals surface area contributed by atoms with Gasteiger partial charge in [-0.25, -0.2) is 0 Å². The lowest BCUT2D eigenvalue weighted by molar-refractivity contribution is -0.136. The first-order valence-corrected chi connectivity index (χ1v) is 8.77. The van der Waals surface area contributed by atoms with E-state index in [4.69, 9.17) is 4.74 Å². The summed E-state index contributed by atoms with van der Waals surface area (Å²) >= 11 is 0. The summed E-state index contributed by atoms with van der Waals surface area (Å²) in [6.45, 7) is 5.55. The van der Waals surface area contributed by atoms with Crippen molar-refractivity contribution in [2.45, 2.75) is 64.7 Å². The number of fused-ring (bicyclic) bond motifs is 1. The Hall–Kier alpha value is -1.47. The molecule has 23 heavy (non-hydrogen) atoms. The van der Waals surface area contributed by atoms with Gasteiger partial charge in [0.25, 0.3) is 0 Å². The number of nitrogens with one attached hydrogen (secondary N) is 1. The first-order chi connectivity index (χ1) is 11.3. The van der Waals surface area contributed by atoms with E-state index in [1.165, 1.54) is 25.7 Å². The van der Waals surface area contributed by atoms with Gasteiger partial charge in [-0.05, 0) is 26.2 Å². The first kappa shape index (κ1) is 16.4. The second-order valence-corrected chi connectivity index (χ2v) is 6.35. The third-order valence-electron chi connectivity index (χ3n) is 4.73. The topological polar surface area (TPSA) is 72.3 Å². The molecule has 0 saturated heterocycles. The number of aromatic nitrogens is 3. The third-order valence-corrected chi connectivity index (χ3v) is 4.73. The molecule has 1 fully saturated rings. The summed E-state index contributed by atoms with van der Waals surface area (Å²) in [6, 6.07) is 0.623. The molecule has 2 aliphatic rings. The van der Waals surface area contributed by atoms with Crippen LogP contribution in [0.4, 0.5) is 0 Å². The van der Waals surface area contributed by atoms with Gasteiger partial charge in [0.05, 0.1) is 13.1 Å². The van der Waals surface area contributed by atoms with E-state index in [-0.39, 0.29) is 12.5 Å². The number of carbonyl (C=O) groups is 1. The van der Waals surface area contributed by atoms with E-state index in [9.17, 15) is 4.79 Å². The van der Waals surface area contributed by atoms with Crippen LogP contribution in [0, 0.1) is 0 Å². The molecule has 1 aliphatic carbocycles. The van der Waals surface area contributed by atoms with Gasteiger partial charge in [0, 0.05) is 25.7 Å². The molecule has 1 N–H and O–H groups in total. The number of rotatable bonds is 6. The van der Waals surface area contributed by atoms with Crippen LogP contribution in [0.1, 0.15) is 50.7 Å². The van der Waals surface area contributed by atoms with Crippen LogP contribution in [-0.2, 0) is 29.2 Å². The predicted molar refractivity (Wildman–Crippen MR) is 85.6 cm³/mol. The Morgan fingerprint density at radius 2 is 2.09 bits per heavy atom. The molecular weight excluding hydrogens is 294 g/mol. The molecule has 1 aromatic heterocycles. The summed E-state index contributed by atoms with van der Waals surface area (Å²) in [7, 11) is 0. The smallest absolute Gasteiger partial charge is 0.248 e. The van der Waals surface area contributed by atoms with Crippen molar-refractivity contribution in [3.63, 3.8) is 0 Å². The maximum absolute atomic E-state index is 12.2. The van der Waals surface area contributed by atoms with E-state index in [0.717, 1.165) is 37.7 Å². The Labute approximate surface area is 137 Å². The molecule has 0 bridgehead atoms. The van der Waals surface area contributed by atoms with Gasteiger partial charge < -0.3 is 19.5 Å². The summed E-state index contributed by atoms with van der Waals surface area (Å²) < 4.78 is 7.41. The number of hydrogen-bond acceptors (Lipinski definition) is 5. The SMILES string of the molecule is CCOCC(=O)N1CCCn2c(CNC3CCCC3)nnc2C1. The predicted octanol–water partition coefficient (Wildman–Crippen LogP) is 1.08. The van der Waals surface area contributed by atoms with Gasteiger partial charge >= 0.3 is 0 Å². The van der Waals surface area contributed by atoms with Crippen molar-refractivity contribution in [3.05, 3.63) is 11.6 Å². The Bertz CT molecular complexity index is 525. The molecule has 1 saturated carbocycles. The second-order valence-electron chi connectivity index (χ2n) is 6.35. The molecule has 0 atom stereocenters. The summed E-state index contributed by atoms with van der Waals surface area (Å²) in [5.41, 5.74) is 0. The van der Waals surface area contributed by atoms with Crippen molar-refractivity contribution in [2.24, 2.45) is 0 Å². The van der Waals surface area contributed by atoms with Crippen molar-refractivity contribution < 1.29 is 9.53 Å². The molecular formula is C16H27N5O2. The molecule has 1 aromatic rings. The minimum Gasteiger partial charge on any atom is -0.372 e. The summed E-state index contributed by atoms with van der Waals surface area (Å²) in [5, 5.41) is 12.2.